The topological polar surface area (TPSA) is 47.0 Å². The molecule has 0 aliphatic heterocycles. The molecule has 1 atom stereocenters. The van der Waals surface area contributed by atoms with Crippen LogP contribution in [0.25, 0.3) is 0 Å². The second-order valence-corrected chi connectivity index (χ2v) is 5.58. The molecule has 1 N–H and O–H groups in total. The number of hydrogen-bond acceptors (Lipinski definition) is 4. The summed E-state index contributed by atoms with van der Waals surface area (Å²) in [7, 11) is 3.56. The normalized spacial score (nSPS) is 14.7. The largest absolute Gasteiger partial charge is 0.372 e. The lowest BCUT2D eigenvalue weighted by Crippen LogP contribution is -2.27. The first-order chi connectivity index (χ1) is 8.39. The molecule has 5 heteroatoms. The first-order valence-electron chi connectivity index (χ1n) is 6.20. The molecular weight excluding hydrogens is 294 g/mol. The lowest BCUT2D eigenvalue weighted by atomic mass is 10.0. The zero-order valence-corrected chi connectivity index (χ0v) is 13.6. The second kappa shape index (κ2) is 5.97. The van der Waals surface area contributed by atoms with Crippen LogP contribution in [0.3, 0.4) is 0 Å². The van der Waals surface area contributed by atoms with E-state index in [9.17, 15) is 0 Å². The number of halogens is 1. The van der Waals surface area contributed by atoms with Crippen LogP contribution in [-0.2, 0) is 10.3 Å². The second-order valence-electron chi connectivity index (χ2n) is 4.79. The lowest BCUT2D eigenvalue weighted by Gasteiger charge is -2.26. The minimum atomic E-state index is -0.448. The smallest absolute Gasteiger partial charge is 0.162 e. The van der Waals surface area contributed by atoms with Crippen molar-refractivity contribution in [1.82, 2.24) is 9.97 Å². The average Bonchev–Trinajstić information content (AvgIpc) is 2.37. The van der Waals surface area contributed by atoms with Gasteiger partial charge in [-0.2, -0.15) is 0 Å². The van der Waals surface area contributed by atoms with Crippen LogP contribution in [0.2, 0.25) is 0 Å². The molecule has 0 bridgehead atoms. The Balaban J connectivity index is 3.43. The molecule has 1 heterocycles. The highest BCUT2D eigenvalue weighted by atomic mass is 79.9. The fourth-order valence-electron chi connectivity index (χ4n) is 1.64. The van der Waals surface area contributed by atoms with Gasteiger partial charge in [-0.15, -0.1) is 0 Å². The Labute approximate surface area is 118 Å². The Hall–Kier alpha value is -0.680. The Morgan fingerprint density at radius 2 is 2.00 bits per heavy atom. The number of methoxy groups -OCH3 is 1. The van der Waals surface area contributed by atoms with Gasteiger partial charge in [0, 0.05) is 14.2 Å². The number of nitrogens with zero attached hydrogens (tertiary/aromatic N) is 2. The van der Waals surface area contributed by atoms with E-state index in [0.29, 0.717) is 5.92 Å². The fraction of sp³-hybridized carbons (Fsp3) is 0.692. The van der Waals surface area contributed by atoms with E-state index in [-0.39, 0.29) is 0 Å². The van der Waals surface area contributed by atoms with Gasteiger partial charge in [0.05, 0.1) is 10.2 Å². The van der Waals surface area contributed by atoms with Gasteiger partial charge in [-0.1, -0.05) is 20.8 Å². The molecule has 0 aromatic carbocycles. The molecule has 0 radical (unpaired) electrons. The van der Waals surface area contributed by atoms with Crippen LogP contribution in [0.1, 0.15) is 51.6 Å². The van der Waals surface area contributed by atoms with Crippen molar-refractivity contribution in [3.63, 3.8) is 0 Å². The molecule has 0 spiro atoms. The van der Waals surface area contributed by atoms with Crippen LogP contribution in [0, 0.1) is 0 Å². The quantitative estimate of drug-likeness (QED) is 0.900. The van der Waals surface area contributed by atoms with Crippen molar-refractivity contribution >= 4 is 21.7 Å². The van der Waals surface area contributed by atoms with Crippen molar-refractivity contribution in [2.24, 2.45) is 0 Å². The van der Waals surface area contributed by atoms with Gasteiger partial charge in [0.1, 0.15) is 11.4 Å². The first-order valence-corrected chi connectivity index (χ1v) is 6.99. The molecule has 0 aliphatic carbocycles. The minimum Gasteiger partial charge on any atom is -0.372 e. The van der Waals surface area contributed by atoms with Crippen LogP contribution in [0.4, 0.5) is 5.82 Å². The first kappa shape index (κ1) is 15.4. The van der Waals surface area contributed by atoms with Crippen molar-refractivity contribution < 1.29 is 4.74 Å². The van der Waals surface area contributed by atoms with E-state index in [2.05, 4.69) is 52.0 Å². The van der Waals surface area contributed by atoms with Gasteiger partial charge in [0.15, 0.2) is 5.82 Å². The molecule has 102 valence electrons. The highest BCUT2D eigenvalue weighted by molar-refractivity contribution is 9.10. The minimum absolute atomic E-state index is 0.325. The summed E-state index contributed by atoms with van der Waals surface area (Å²) < 4.78 is 6.51. The van der Waals surface area contributed by atoms with Gasteiger partial charge in [-0.3, -0.25) is 0 Å². The molecule has 0 fully saturated rings. The molecule has 0 saturated heterocycles. The van der Waals surface area contributed by atoms with Gasteiger partial charge >= 0.3 is 0 Å². The summed E-state index contributed by atoms with van der Waals surface area (Å²) in [5.74, 6) is 1.86. The van der Waals surface area contributed by atoms with Crippen molar-refractivity contribution in [3.8, 4) is 0 Å². The van der Waals surface area contributed by atoms with Crippen molar-refractivity contribution in [2.45, 2.75) is 45.6 Å². The van der Waals surface area contributed by atoms with Crippen molar-refractivity contribution in [2.75, 3.05) is 19.5 Å². The van der Waals surface area contributed by atoms with Crippen molar-refractivity contribution in [3.05, 3.63) is 16.0 Å². The molecule has 0 amide bonds. The van der Waals surface area contributed by atoms with E-state index in [0.717, 1.165) is 28.2 Å². The molecule has 4 nitrogen and oxygen atoms in total. The number of ether oxygens (including phenoxy) is 1. The summed E-state index contributed by atoms with van der Waals surface area (Å²) in [6.07, 6.45) is 0.825. The highest BCUT2D eigenvalue weighted by Gasteiger charge is 2.29. The van der Waals surface area contributed by atoms with E-state index < -0.39 is 5.60 Å². The van der Waals surface area contributed by atoms with E-state index in [1.165, 1.54) is 0 Å². The number of rotatable bonds is 5. The zero-order chi connectivity index (χ0) is 13.9. The molecule has 0 saturated carbocycles. The third-order valence-corrected chi connectivity index (χ3v) is 4.04. The fourth-order valence-corrected chi connectivity index (χ4v) is 2.48. The standard InChI is InChI=1S/C13H22BrN3O/c1-7-13(4,18-6)12-16-10(8(2)3)9(14)11(15-5)17-12/h8H,7H2,1-6H3,(H,15,16,17). The number of nitrogens with one attached hydrogen (secondary N) is 1. The maximum absolute atomic E-state index is 5.58. The maximum atomic E-state index is 5.58. The molecule has 1 rings (SSSR count). The molecule has 1 aromatic rings. The van der Waals surface area contributed by atoms with Crippen LogP contribution in [0.15, 0.2) is 4.47 Å². The van der Waals surface area contributed by atoms with E-state index >= 15 is 0 Å². The zero-order valence-electron chi connectivity index (χ0n) is 12.0. The predicted octanol–water partition coefficient (Wildman–Crippen LogP) is 3.68. The molecular formula is C13H22BrN3O. The number of anilines is 1. The predicted molar refractivity (Wildman–Crippen MR) is 78.0 cm³/mol. The molecule has 0 aliphatic rings. The van der Waals surface area contributed by atoms with Crippen molar-refractivity contribution in [1.29, 1.82) is 0 Å². The van der Waals surface area contributed by atoms with Crippen LogP contribution < -0.4 is 5.32 Å². The third kappa shape index (κ3) is 2.83. The summed E-state index contributed by atoms with van der Waals surface area (Å²) in [5, 5.41) is 3.10. The van der Waals surface area contributed by atoms with E-state index in [4.69, 9.17) is 4.74 Å². The summed E-state index contributed by atoms with van der Waals surface area (Å²) in [4.78, 5) is 9.22. The monoisotopic (exact) mass is 315 g/mol. The maximum Gasteiger partial charge on any atom is 0.162 e. The van der Waals surface area contributed by atoms with E-state index in [1.807, 2.05) is 14.0 Å². The Kier molecular flexibility index (Phi) is 5.10. The van der Waals surface area contributed by atoms with Crippen LogP contribution in [0.5, 0.6) is 0 Å². The molecule has 1 unspecified atom stereocenters. The Morgan fingerprint density at radius 1 is 1.39 bits per heavy atom. The number of hydrogen-bond donors (Lipinski definition) is 1. The lowest BCUT2D eigenvalue weighted by molar-refractivity contribution is -0.00909. The average molecular weight is 316 g/mol. The third-order valence-electron chi connectivity index (χ3n) is 3.26. The summed E-state index contributed by atoms with van der Waals surface area (Å²) in [6.45, 7) is 8.32. The Bertz CT molecular complexity index is 417. The van der Waals surface area contributed by atoms with Crippen LogP contribution in [-0.4, -0.2) is 24.1 Å². The molecule has 18 heavy (non-hydrogen) atoms. The van der Waals surface area contributed by atoms with E-state index in [1.54, 1.807) is 7.11 Å². The van der Waals surface area contributed by atoms with Gasteiger partial charge in [-0.25, -0.2) is 9.97 Å². The summed E-state index contributed by atoms with van der Waals surface area (Å²) >= 11 is 3.56. The van der Waals surface area contributed by atoms with Gasteiger partial charge in [0.25, 0.3) is 0 Å². The Morgan fingerprint density at radius 3 is 2.39 bits per heavy atom. The van der Waals surface area contributed by atoms with Gasteiger partial charge in [0.2, 0.25) is 0 Å². The van der Waals surface area contributed by atoms with Crippen LogP contribution >= 0.6 is 15.9 Å². The van der Waals surface area contributed by atoms with Gasteiger partial charge in [-0.05, 0) is 35.2 Å². The summed E-state index contributed by atoms with van der Waals surface area (Å²) in [6, 6.07) is 0. The number of aromatic nitrogens is 2. The highest BCUT2D eigenvalue weighted by Crippen LogP contribution is 2.33. The van der Waals surface area contributed by atoms with Gasteiger partial charge < -0.3 is 10.1 Å². The summed E-state index contributed by atoms with van der Waals surface area (Å²) in [5.41, 5.74) is 0.553. The molecule has 1 aromatic heterocycles. The SMILES string of the molecule is CCC(C)(OC)c1nc(NC)c(Br)c(C(C)C)n1.